The van der Waals surface area contributed by atoms with Gasteiger partial charge >= 0.3 is 0 Å². The van der Waals surface area contributed by atoms with Gasteiger partial charge in [-0.05, 0) is 38.1 Å². The summed E-state index contributed by atoms with van der Waals surface area (Å²) >= 11 is 0. The first kappa shape index (κ1) is 15.1. The van der Waals surface area contributed by atoms with Gasteiger partial charge in [0.15, 0.2) is 11.5 Å². The molecule has 0 saturated carbocycles. The Morgan fingerprint density at radius 2 is 2.04 bits per heavy atom. The van der Waals surface area contributed by atoms with E-state index >= 15 is 0 Å². The van der Waals surface area contributed by atoms with E-state index in [1.54, 1.807) is 12.5 Å². The van der Waals surface area contributed by atoms with Crippen LogP contribution in [0.1, 0.15) is 30.5 Å². The third kappa shape index (κ3) is 2.84. The van der Waals surface area contributed by atoms with Crippen LogP contribution in [0.3, 0.4) is 0 Å². The summed E-state index contributed by atoms with van der Waals surface area (Å²) in [5.41, 5.74) is 0.804. The highest BCUT2D eigenvalue weighted by atomic mass is 16.3. The topological polar surface area (TPSA) is 75.6 Å². The normalized spacial score (nSPS) is 16.8. The van der Waals surface area contributed by atoms with Gasteiger partial charge < -0.3 is 9.32 Å². The Labute approximate surface area is 140 Å². The zero-order chi connectivity index (χ0) is 16.5. The number of hydrogen-bond donors (Lipinski definition) is 0. The second kappa shape index (κ2) is 6.20. The van der Waals surface area contributed by atoms with Crippen molar-refractivity contribution in [1.82, 2.24) is 29.7 Å². The Hall–Kier alpha value is -2.48. The summed E-state index contributed by atoms with van der Waals surface area (Å²) in [5.74, 6) is 3.03. The van der Waals surface area contributed by atoms with Crippen molar-refractivity contribution in [3.8, 4) is 0 Å². The Kier molecular flexibility index (Phi) is 3.89. The molecule has 1 aliphatic rings. The molecule has 3 aromatic heterocycles. The van der Waals surface area contributed by atoms with Gasteiger partial charge in [0.25, 0.3) is 0 Å². The van der Waals surface area contributed by atoms with Crippen molar-refractivity contribution in [1.29, 1.82) is 0 Å². The van der Waals surface area contributed by atoms with Crippen molar-refractivity contribution in [2.24, 2.45) is 0 Å². The van der Waals surface area contributed by atoms with Crippen LogP contribution in [0.4, 0.5) is 5.82 Å². The smallest absolute Gasteiger partial charge is 0.208 e. The van der Waals surface area contributed by atoms with E-state index in [-0.39, 0.29) is 0 Å². The van der Waals surface area contributed by atoms with E-state index in [1.807, 2.05) is 35.6 Å². The van der Waals surface area contributed by atoms with E-state index in [0.717, 1.165) is 55.7 Å². The molecule has 3 aromatic rings. The van der Waals surface area contributed by atoms with Gasteiger partial charge in [-0.3, -0.25) is 4.90 Å². The molecule has 0 N–H and O–H groups in total. The van der Waals surface area contributed by atoms with Gasteiger partial charge in [0.05, 0.1) is 12.7 Å². The average molecular weight is 327 g/mol. The highest BCUT2D eigenvalue weighted by Crippen LogP contribution is 2.27. The van der Waals surface area contributed by atoms with Crippen LogP contribution < -0.4 is 4.90 Å². The summed E-state index contributed by atoms with van der Waals surface area (Å²) in [4.78, 5) is 8.55. The van der Waals surface area contributed by atoms with Crippen molar-refractivity contribution >= 4 is 11.5 Å². The summed E-state index contributed by atoms with van der Waals surface area (Å²) in [5, 5.41) is 13.3. The third-order valence-corrected chi connectivity index (χ3v) is 4.53. The second-order valence-electron chi connectivity index (χ2n) is 6.39. The molecular weight excluding hydrogens is 306 g/mol. The summed E-state index contributed by atoms with van der Waals surface area (Å²) in [6.07, 6.45) is 5.39. The van der Waals surface area contributed by atoms with Crippen molar-refractivity contribution in [3.63, 3.8) is 0 Å². The molecule has 1 fully saturated rings. The second-order valence-corrected chi connectivity index (χ2v) is 6.39. The molecule has 0 aliphatic carbocycles. The number of anilines is 1. The number of aromatic nitrogens is 5. The van der Waals surface area contributed by atoms with E-state index in [9.17, 15) is 0 Å². The highest BCUT2D eigenvalue weighted by Gasteiger charge is 2.25. The number of nitrogens with zero attached hydrogens (tertiary/aromatic N) is 7. The van der Waals surface area contributed by atoms with Crippen molar-refractivity contribution in [2.75, 3.05) is 32.1 Å². The van der Waals surface area contributed by atoms with E-state index in [1.165, 1.54) is 0 Å². The molecule has 0 atom stereocenters. The first-order chi connectivity index (χ1) is 11.7. The van der Waals surface area contributed by atoms with Gasteiger partial charge in [-0.2, -0.15) is 4.52 Å². The molecule has 8 heteroatoms. The first-order valence-corrected chi connectivity index (χ1v) is 8.21. The van der Waals surface area contributed by atoms with E-state index < -0.39 is 0 Å². The van der Waals surface area contributed by atoms with Crippen molar-refractivity contribution in [2.45, 2.75) is 25.3 Å². The molecule has 0 unspecified atom stereocenters. The van der Waals surface area contributed by atoms with Crippen LogP contribution in [0, 0.1) is 0 Å². The Bertz CT molecular complexity index is 803. The van der Waals surface area contributed by atoms with Gasteiger partial charge in [-0.1, -0.05) is 0 Å². The lowest BCUT2D eigenvalue weighted by Gasteiger charge is -2.30. The minimum absolute atomic E-state index is 0.380. The number of oxazole rings is 1. The molecule has 4 heterocycles. The fourth-order valence-corrected chi connectivity index (χ4v) is 3.16. The van der Waals surface area contributed by atoms with Gasteiger partial charge in [0.2, 0.25) is 5.89 Å². The molecule has 8 nitrogen and oxygen atoms in total. The predicted molar refractivity (Wildman–Crippen MR) is 88.9 cm³/mol. The lowest BCUT2D eigenvalue weighted by molar-refractivity contribution is 0.184. The minimum Gasteiger partial charge on any atom is -0.448 e. The molecule has 1 aliphatic heterocycles. The fraction of sp³-hybridized carbons (Fsp3) is 0.500. The lowest BCUT2D eigenvalue weighted by Crippen LogP contribution is -2.33. The number of hydrogen-bond acceptors (Lipinski definition) is 7. The summed E-state index contributed by atoms with van der Waals surface area (Å²) < 4.78 is 7.23. The van der Waals surface area contributed by atoms with Crippen LogP contribution in [0.2, 0.25) is 0 Å². The average Bonchev–Trinajstić information content (AvgIpc) is 3.24. The molecule has 126 valence electrons. The quantitative estimate of drug-likeness (QED) is 0.719. The van der Waals surface area contributed by atoms with Crippen LogP contribution in [0.15, 0.2) is 29.0 Å². The highest BCUT2D eigenvalue weighted by molar-refractivity contribution is 5.45. The van der Waals surface area contributed by atoms with Crippen LogP contribution in [0.5, 0.6) is 0 Å². The van der Waals surface area contributed by atoms with E-state index in [4.69, 9.17) is 4.42 Å². The van der Waals surface area contributed by atoms with Gasteiger partial charge in [-0.15, -0.1) is 15.3 Å². The maximum atomic E-state index is 5.33. The van der Waals surface area contributed by atoms with Crippen molar-refractivity contribution in [3.05, 3.63) is 36.3 Å². The van der Waals surface area contributed by atoms with Crippen LogP contribution >= 0.6 is 0 Å². The van der Waals surface area contributed by atoms with Crippen LogP contribution in [-0.4, -0.2) is 56.9 Å². The Morgan fingerprint density at radius 3 is 2.75 bits per heavy atom. The number of fused-ring (bicyclic) bond motifs is 1. The summed E-state index contributed by atoms with van der Waals surface area (Å²) in [6.45, 7) is 2.76. The molecule has 0 spiro atoms. The van der Waals surface area contributed by atoms with Crippen molar-refractivity contribution < 1.29 is 4.42 Å². The number of likely N-dealkylation sites (tertiary alicyclic amines) is 1. The number of piperidine rings is 1. The molecule has 0 amide bonds. The first-order valence-electron chi connectivity index (χ1n) is 8.21. The molecule has 0 aromatic carbocycles. The zero-order valence-corrected chi connectivity index (χ0v) is 14.0. The zero-order valence-electron chi connectivity index (χ0n) is 14.0. The largest absolute Gasteiger partial charge is 0.448 e. The van der Waals surface area contributed by atoms with E-state index in [0.29, 0.717) is 5.92 Å². The molecule has 4 rings (SSSR count). The van der Waals surface area contributed by atoms with Gasteiger partial charge in [-0.25, -0.2) is 4.98 Å². The van der Waals surface area contributed by atoms with Gasteiger partial charge in [0.1, 0.15) is 12.1 Å². The minimum atomic E-state index is 0.380. The standard InChI is InChI=1S/C16H21N7O/c1-21(2)14-4-3-13-18-19-16(23(13)20-14)12-5-8-22(9-6-12)11-15-17-7-10-24-15/h3-4,7,10,12H,5-6,8-9,11H2,1-2H3. The Balaban J connectivity index is 1.49. The maximum absolute atomic E-state index is 5.33. The molecule has 0 bridgehead atoms. The molecule has 0 radical (unpaired) electrons. The number of rotatable bonds is 4. The fourth-order valence-electron chi connectivity index (χ4n) is 3.16. The molecular formula is C16H21N7O. The lowest BCUT2D eigenvalue weighted by atomic mass is 9.96. The summed E-state index contributed by atoms with van der Waals surface area (Å²) in [7, 11) is 3.97. The van der Waals surface area contributed by atoms with E-state index in [2.05, 4.69) is 25.2 Å². The van der Waals surface area contributed by atoms with Crippen LogP contribution in [-0.2, 0) is 6.54 Å². The molecule has 24 heavy (non-hydrogen) atoms. The monoisotopic (exact) mass is 327 g/mol. The summed E-state index contributed by atoms with van der Waals surface area (Å²) in [6, 6.07) is 3.93. The Morgan fingerprint density at radius 1 is 1.21 bits per heavy atom. The van der Waals surface area contributed by atoms with Gasteiger partial charge in [0, 0.05) is 20.0 Å². The molecule has 1 saturated heterocycles. The maximum Gasteiger partial charge on any atom is 0.208 e. The predicted octanol–water partition coefficient (Wildman–Crippen LogP) is 1.56. The van der Waals surface area contributed by atoms with Crippen LogP contribution in [0.25, 0.3) is 5.65 Å². The third-order valence-electron chi connectivity index (χ3n) is 4.53. The SMILES string of the molecule is CN(C)c1ccc2nnc(C3CCN(Cc4ncco4)CC3)n2n1.